The monoisotopic (exact) mass is 355 g/mol. The smallest absolute Gasteiger partial charge is 0.276 e. The van der Waals surface area contributed by atoms with Crippen LogP contribution in [0.15, 0.2) is 64.2 Å². The van der Waals surface area contributed by atoms with Gasteiger partial charge in [-0.2, -0.15) is 0 Å². The summed E-state index contributed by atoms with van der Waals surface area (Å²) in [5.41, 5.74) is 1.61. The van der Waals surface area contributed by atoms with Gasteiger partial charge < -0.3 is 14.5 Å². The number of carbonyl (C=O) groups excluding carboxylic acids is 1. The Balaban J connectivity index is 1.49. The van der Waals surface area contributed by atoms with Gasteiger partial charge in [0.1, 0.15) is 5.75 Å². The summed E-state index contributed by atoms with van der Waals surface area (Å²) in [7, 11) is 1.62. The molecule has 0 aliphatic rings. The van der Waals surface area contributed by atoms with Crippen LogP contribution in [0, 0.1) is 0 Å². The van der Waals surface area contributed by atoms with Crippen molar-refractivity contribution in [2.24, 2.45) is 0 Å². The number of para-hydroxylation sites is 1. The fraction of sp³-hybridized carbons (Fsp3) is 0.167. The molecule has 0 saturated carbocycles. The Morgan fingerprint density at radius 3 is 2.60 bits per heavy atom. The molecule has 0 aliphatic heterocycles. The predicted molar refractivity (Wildman–Crippen MR) is 96.7 cm³/mol. The van der Waals surface area contributed by atoms with Crippen LogP contribution in [0.2, 0.25) is 0 Å². The number of carbonyl (C=O) groups is 1. The van der Waals surface area contributed by atoms with Crippen LogP contribution in [0.25, 0.3) is 11.5 Å². The second-order valence-corrected chi connectivity index (χ2v) is 6.16. The summed E-state index contributed by atoms with van der Waals surface area (Å²) >= 11 is 1.36. The summed E-state index contributed by atoms with van der Waals surface area (Å²) in [4.78, 5) is 11.9. The number of benzene rings is 2. The van der Waals surface area contributed by atoms with Crippen LogP contribution in [0.1, 0.15) is 6.42 Å². The summed E-state index contributed by atoms with van der Waals surface area (Å²) in [5, 5.41) is 11.3. The number of aromatic nitrogens is 2. The van der Waals surface area contributed by atoms with Crippen LogP contribution in [-0.2, 0) is 4.79 Å². The molecule has 6 nitrogen and oxygen atoms in total. The first kappa shape index (κ1) is 17.0. The Labute approximate surface area is 149 Å². The molecule has 0 unspecified atom stereocenters. The Bertz CT molecular complexity index is 819. The largest absolute Gasteiger partial charge is 0.497 e. The minimum Gasteiger partial charge on any atom is -0.497 e. The van der Waals surface area contributed by atoms with Gasteiger partial charge in [-0.05, 0) is 36.4 Å². The van der Waals surface area contributed by atoms with Crippen molar-refractivity contribution in [2.75, 3.05) is 18.2 Å². The Morgan fingerprint density at radius 2 is 1.88 bits per heavy atom. The van der Waals surface area contributed by atoms with Crippen LogP contribution in [0.3, 0.4) is 0 Å². The highest BCUT2D eigenvalue weighted by molar-refractivity contribution is 7.99. The average molecular weight is 355 g/mol. The topological polar surface area (TPSA) is 77.2 Å². The van der Waals surface area contributed by atoms with Crippen molar-refractivity contribution >= 4 is 23.4 Å². The van der Waals surface area contributed by atoms with Crippen LogP contribution in [0.5, 0.6) is 5.75 Å². The molecule has 0 aliphatic carbocycles. The third-order valence-corrected chi connectivity index (χ3v) is 4.18. The number of ether oxygens (including phenoxy) is 1. The van der Waals surface area contributed by atoms with Gasteiger partial charge >= 0.3 is 0 Å². The second kappa shape index (κ2) is 8.34. The van der Waals surface area contributed by atoms with E-state index in [9.17, 15) is 4.79 Å². The van der Waals surface area contributed by atoms with Crippen molar-refractivity contribution in [1.82, 2.24) is 10.2 Å². The number of nitrogens with one attached hydrogen (secondary N) is 1. The zero-order chi connectivity index (χ0) is 17.5. The molecule has 1 heterocycles. The molecule has 2 aromatic carbocycles. The first-order valence-corrected chi connectivity index (χ1v) is 8.69. The fourth-order valence-electron chi connectivity index (χ4n) is 2.09. The number of hydrogen-bond acceptors (Lipinski definition) is 6. The van der Waals surface area contributed by atoms with E-state index in [0.717, 1.165) is 17.0 Å². The molecule has 25 heavy (non-hydrogen) atoms. The highest BCUT2D eigenvalue weighted by Crippen LogP contribution is 2.25. The number of rotatable bonds is 7. The molecule has 0 atom stereocenters. The lowest BCUT2D eigenvalue weighted by Gasteiger charge is -2.03. The zero-order valence-electron chi connectivity index (χ0n) is 13.6. The van der Waals surface area contributed by atoms with Gasteiger partial charge in [0.25, 0.3) is 5.22 Å². The number of nitrogens with zero attached hydrogens (tertiary/aromatic N) is 2. The molecular formula is C18H17N3O3S. The number of amides is 1. The third kappa shape index (κ3) is 4.84. The van der Waals surface area contributed by atoms with Gasteiger partial charge in [0.15, 0.2) is 0 Å². The van der Waals surface area contributed by atoms with Gasteiger partial charge in [0, 0.05) is 23.4 Å². The van der Waals surface area contributed by atoms with E-state index >= 15 is 0 Å². The summed E-state index contributed by atoms with van der Waals surface area (Å²) in [5.74, 6) is 1.72. The van der Waals surface area contributed by atoms with E-state index in [1.165, 1.54) is 11.8 Å². The molecule has 0 fully saturated rings. The first-order valence-electron chi connectivity index (χ1n) is 7.70. The molecule has 3 aromatic rings. The van der Waals surface area contributed by atoms with E-state index < -0.39 is 0 Å². The fourth-order valence-corrected chi connectivity index (χ4v) is 2.79. The number of hydrogen-bond donors (Lipinski definition) is 1. The molecule has 1 amide bonds. The first-order chi connectivity index (χ1) is 12.2. The molecule has 0 radical (unpaired) electrons. The molecule has 1 aromatic heterocycles. The summed E-state index contributed by atoms with van der Waals surface area (Å²) in [6, 6.07) is 16.7. The Hall–Kier alpha value is -2.80. The molecule has 0 bridgehead atoms. The van der Waals surface area contributed by atoms with Crippen molar-refractivity contribution in [1.29, 1.82) is 0 Å². The van der Waals surface area contributed by atoms with Crippen LogP contribution < -0.4 is 10.1 Å². The summed E-state index contributed by atoms with van der Waals surface area (Å²) in [6.45, 7) is 0. The van der Waals surface area contributed by atoms with E-state index in [-0.39, 0.29) is 5.91 Å². The van der Waals surface area contributed by atoms with Gasteiger partial charge in [-0.1, -0.05) is 30.0 Å². The minimum atomic E-state index is -0.0476. The van der Waals surface area contributed by atoms with Crippen molar-refractivity contribution in [3.8, 4) is 17.2 Å². The van der Waals surface area contributed by atoms with Gasteiger partial charge in [-0.3, -0.25) is 4.79 Å². The van der Waals surface area contributed by atoms with Gasteiger partial charge in [-0.15, -0.1) is 10.2 Å². The average Bonchev–Trinajstić information content (AvgIpc) is 3.11. The van der Waals surface area contributed by atoms with Gasteiger partial charge in [0.2, 0.25) is 11.8 Å². The van der Waals surface area contributed by atoms with E-state index in [4.69, 9.17) is 9.15 Å². The summed E-state index contributed by atoms with van der Waals surface area (Å²) < 4.78 is 10.7. The van der Waals surface area contributed by atoms with Crippen molar-refractivity contribution in [3.63, 3.8) is 0 Å². The maximum Gasteiger partial charge on any atom is 0.276 e. The number of anilines is 1. The number of thioether (sulfide) groups is 1. The van der Waals surface area contributed by atoms with Crippen molar-refractivity contribution in [2.45, 2.75) is 11.6 Å². The Morgan fingerprint density at radius 1 is 1.12 bits per heavy atom. The van der Waals surface area contributed by atoms with Crippen LogP contribution in [-0.4, -0.2) is 29.0 Å². The van der Waals surface area contributed by atoms with E-state index in [2.05, 4.69) is 15.5 Å². The van der Waals surface area contributed by atoms with Crippen molar-refractivity contribution < 1.29 is 13.9 Å². The minimum absolute atomic E-state index is 0.0476. The normalized spacial score (nSPS) is 10.4. The van der Waals surface area contributed by atoms with Gasteiger partial charge in [-0.25, -0.2) is 0 Å². The molecule has 7 heteroatoms. The highest BCUT2D eigenvalue weighted by atomic mass is 32.2. The predicted octanol–water partition coefficient (Wildman–Crippen LogP) is 3.87. The lowest BCUT2D eigenvalue weighted by atomic mass is 10.2. The second-order valence-electron chi connectivity index (χ2n) is 5.11. The molecule has 128 valence electrons. The van der Waals surface area contributed by atoms with E-state index in [1.807, 2.05) is 54.6 Å². The molecule has 0 spiro atoms. The Kier molecular flexibility index (Phi) is 5.69. The lowest BCUT2D eigenvalue weighted by molar-refractivity contribution is -0.115. The molecule has 0 saturated heterocycles. The lowest BCUT2D eigenvalue weighted by Crippen LogP contribution is -2.11. The third-order valence-electron chi connectivity index (χ3n) is 3.36. The zero-order valence-corrected chi connectivity index (χ0v) is 14.5. The molecule has 1 N–H and O–H groups in total. The molecular weight excluding hydrogens is 338 g/mol. The van der Waals surface area contributed by atoms with E-state index in [0.29, 0.717) is 23.3 Å². The maximum atomic E-state index is 11.9. The standard InChI is InChI=1S/C18H17N3O3S/c1-23-15-9-7-13(8-10-15)17-20-21-18(24-17)25-12-11-16(22)19-14-5-3-2-4-6-14/h2-10H,11-12H2,1H3,(H,19,22). The maximum absolute atomic E-state index is 11.9. The highest BCUT2D eigenvalue weighted by Gasteiger charge is 2.10. The van der Waals surface area contributed by atoms with Crippen molar-refractivity contribution in [3.05, 3.63) is 54.6 Å². The quantitative estimate of drug-likeness (QED) is 0.648. The van der Waals surface area contributed by atoms with Crippen LogP contribution in [0.4, 0.5) is 5.69 Å². The number of methoxy groups -OCH3 is 1. The van der Waals surface area contributed by atoms with Gasteiger partial charge in [0.05, 0.1) is 7.11 Å². The molecule has 3 rings (SSSR count). The SMILES string of the molecule is COc1ccc(-c2nnc(SCCC(=O)Nc3ccccc3)o2)cc1. The summed E-state index contributed by atoms with van der Waals surface area (Å²) in [6.07, 6.45) is 0.361. The van der Waals surface area contributed by atoms with E-state index in [1.54, 1.807) is 7.11 Å². The van der Waals surface area contributed by atoms with Crippen LogP contribution >= 0.6 is 11.8 Å².